The highest BCUT2D eigenvalue weighted by molar-refractivity contribution is 6.30. The van der Waals surface area contributed by atoms with Gasteiger partial charge in [-0.1, -0.05) is 30.7 Å². The first-order chi connectivity index (χ1) is 12.5. The van der Waals surface area contributed by atoms with Crippen LogP contribution in [0.25, 0.3) is 0 Å². The number of nitrogens with one attached hydrogen (secondary N) is 1. The van der Waals surface area contributed by atoms with Gasteiger partial charge >= 0.3 is 0 Å². The summed E-state index contributed by atoms with van der Waals surface area (Å²) in [6, 6.07) is 14.6. The van der Waals surface area contributed by atoms with Gasteiger partial charge in [0.2, 0.25) is 5.91 Å². The van der Waals surface area contributed by atoms with Gasteiger partial charge in [0.1, 0.15) is 0 Å². The first-order valence-corrected chi connectivity index (χ1v) is 9.30. The Kier molecular flexibility index (Phi) is 5.62. The monoisotopic (exact) mass is 370 g/mol. The smallest absolute Gasteiger partial charge is 0.254 e. The van der Waals surface area contributed by atoms with Crippen molar-refractivity contribution in [2.24, 2.45) is 11.8 Å². The van der Waals surface area contributed by atoms with Gasteiger partial charge < -0.3 is 10.2 Å². The molecule has 0 heterocycles. The van der Waals surface area contributed by atoms with E-state index in [0.717, 1.165) is 17.7 Å². The fraction of sp³-hybridized carbons (Fsp3) is 0.333. The second-order valence-corrected chi connectivity index (χ2v) is 7.27. The number of benzene rings is 2. The normalized spacial score (nSPS) is 18.3. The summed E-state index contributed by atoms with van der Waals surface area (Å²) in [5, 5.41) is 3.57. The molecule has 1 N–H and O–H groups in total. The molecule has 2 aromatic rings. The molecule has 0 bridgehead atoms. The van der Waals surface area contributed by atoms with E-state index in [-0.39, 0.29) is 17.7 Å². The molecule has 2 atom stereocenters. The quantitative estimate of drug-likeness (QED) is 0.808. The van der Waals surface area contributed by atoms with Crippen molar-refractivity contribution in [3.63, 3.8) is 0 Å². The number of anilines is 1. The third kappa shape index (κ3) is 4.44. The highest BCUT2D eigenvalue weighted by atomic mass is 35.5. The second-order valence-electron chi connectivity index (χ2n) is 6.84. The van der Waals surface area contributed by atoms with Crippen LogP contribution in [0.1, 0.15) is 36.2 Å². The molecule has 1 saturated carbocycles. The fourth-order valence-electron chi connectivity index (χ4n) is 2.98. The van der Waals surface area contributed by atoms with Crippen molar-refractivity contribution in [2.75, 3.05) is 11.9 Å². The number of halogens is 1. The van der Waals surface area contributed by atoms with Crippen molar-refractivity contribution in [1.29, 1.82) is 0 Å². The minimum Gasteiger partial charge on any atom is -0.335 e. The van der Waals surface area contributed by atoms with Gasteiger partial charge in [0.25, 0.3) is 5.91 Å². The molecule has 0 aliphatic heterocycles. The number of rotatable bonds is 6. The molecule has 3 rings (SSSR count). The van der Waals surface area contributed by atoms with Crippen molar-refractivity contribution in [3.8, 4) is 0 Å². The molecule has 2 aromatic carbocycles. The van der Waals surface area contributed by atoms with Gasteiger partial charge in [0, 0.05) is 35.3 Å². The SMILES string of the molecule is CCN(Cc1cccc(Cl)c1)C(=O)c1ccc(NC(=O)C2CC2C)cc1. The molecule has 4 nitrogen and oxygen atoms in total. The number of carbonyl (C=O) groups is 2. The van der Waals surface area contributed by atoms with Crippen molar-refractivity contribution in [1.82, 2.24) is 4.90 Å². The van der Waals surface area contributed by atoms with E-state index >= 15 is 0 Å². The van der Waals surface area contributed by atoms with Crippen LogP contribution in [0.3, 0.4) is 0 Å². The minimum atomic E-state index is -0.0406. The predicted octanol–water partition coefficient (Wildman–Crippen LogP) is 4.60. The number of hydrogen-bond acceptors (Lipinski definition) is 2. The standard InChI is InChI=1S/C21H23ClN2O2/c1-3-24(13-15-5-4-6-17(22)12-15)21(26)16-7-9-18(10-8-16)23-20(25)19-11-14(19)2/h4-10,12,14,19H,3,11,13H2,1-2H3,(H,23,25). The molecule has 1 aliphatic carbocycles. The van der Waals surface area contributed by atoms with Crippen LogP contribution in [0.4, 0.5) is 5.69 Å². The molecule has 26 heavy (non-hydrogen) atoms. The highest BCUT2D eigenvalue weighted by Crippen LogP contribution is 2.38. The molecular formula is C21H23ClN2O2. The number of hydrogen-bond donors (Lipinski definition) is 1. The van der Waals surface area contributed by atoms with Gasteiger partial charge in [-0.3, -0.25) is 9.59 Å². The van der Waals surface area contributed by atoms with Gasteiger partial charge in [-0.2, -0.15) is 0 Å². The lowest BCUT2D eigenvalue weighted by Gasteiger charge is -2.21. The molecular weight excluding hydrogens is 348 g/mol. The molecule has 0 aromatic heterocycles. The van der Waals surface area contributed by atoms with E-state index in [0.29, 0.717) is 29.6 Å². The van der Waals surface area contributed by atoms with Crippen molar-refractivity contribution in [2.45, 2.75) is 26.8 Å². The number of amides is 2. The van der Waals surface area contributed by atoms with Crippen LogP contribution in [-0.2, 0) is 11.3 Å². The zero-order valence-electron chi connectivity index (χ0n) is 15.0. The van der Waals surface area contributed by atoms with E-state index in [1.54, 1.807) is 29.2 Å². The first-order valence-electron chi connectivity index (χ1n) is 8.92. The van der Waals surface area contributed by atoms with Crippen LogP contribution < -0.4 is 5.32 Å². The lowest BCUT2D eigenvalue weighted by Crippen LogP contribution is -2.30. The Hall–Kier alpha value is -2.33. The van der Waals surface area contributed by atoms with E-state index in [1.165, 1.54) is 0 Å². The summed E-state index contributed by atoms with van der Waals surface area (Å²) in [6.07, 6.45) is 0.956. The van der Waals surface area contributed by atoms with Crippen LogP contribution in [0.15, 0.2) is 48.5 Å². The number of carbonyl (C=O) groups excluding carboxylic acids is 2. The average molecular weight is 371 g/mol. The summed E-state index contributed by atoms with van der Waals surface area (Å²) in [5.74, 6) is 0.624. The first kappa shape index (κ1) is 18.5. The number of nitrogens with zero attached hydrogens (tertiary/aromatic N) is 1. The van der Waals surface area contributed by atoms with Crippen LogP contribution in [0.2, 0.25) is 5.02 Å². The van der Waals surface area contributed by atoms with Gasteiger partial charge in [-0.15, -0.1) is 0 Å². The fourth-order valence-corrected chi connectivity index (χ4v) is 3.20. The van der Waals surface area contributed by atoms with Crippen LogP contribution in [-0.4, -0.2) is 23.3 Å². The Bertz CT molecular complexity index is 804. The summed E-state index contributed by atoms with van der Waals surface area (Å²) in [7, 11) is 0. The zero-order valence-corrected chi connectivity index (χ0v) is 15.8. The average Bonchev–Trinajstić information content (AvgIpc) is 3.37. The maximum absolute atomic E-state index is 12.8. The zero-order chi connectivity index (χ0) is 18.7. The Morgan fingerprint density at radius 1 is 1.19 bits per heavy atom. The summed E-state index contributed by atoms with van der Waals surface area (Å²) in [4.78, 5) is 26.5. The third-order valence-electron chi connectivity index (χ3n) is 4.78. The Morgan fingerprint density at radius 2 is 1.88 bits per heavy atom. The molecule has 5 heteroatoms. The van der Waals surface area contributed by atoms with Crippen LogP contribution >= 0.6 is 11.6 Å². The summed E-state index contributed by atoms with van der Waals surface area (Å²) >= 11 is 6.02. The second kappa shape index (κ2) is 7.92. The maximum Gasteiger partial charge on any atom is 0.254 e. The maximum atomic E-state index is 12.8. The summed E-state index contributed by atoms with van der Waals surface area (Å²) in [6.45, 7) is 5.14. The topological polar surface area (TPSA) is 49.4 Å². The Balaban J connectivity index is 1.64. The molecule has 0 saturated heterocycles. The minimum absolute atomic E-state index is 0.0406. The lowest BCUT2D eigenvalue weighted by atomic mass is 10.1. The Labute approximate surface area is 159 Å². The van der Waals surface area contributed by atoms with E-state index in [9.17, 15) is 9.59 Å². The van der Waals surface area contributed by atoms with Crippen molar-refractivity contribution < 1.29 is 9.59 Å². The van der Waals surface area contributed by atoms with Gasteiger partial charge in [-0.25, -0.2) is 0 Å². The molecule has 0 radical (unpaired) electrons. The molecule has 1 fully saturated rings. The van der Waals surface area contributed by atoms with Gasteiger partial charge in [0.05, 0.1) is 0 Å². The largest absolute Gasteiger partial charge is 0.335 e. The third-order valence-corrected chi connectivity index (χ3v) is 5.01. The van der Waals surface area contributed by atoms with E-state index in [4.69, 9.17) is 11.6 Å². The summed E-state index contributed by atoms with van der Waals surface area (Å²) < 4.78 is 0. The van der Waals surface area contributed by atoms with Crippen LogP contribution in [0.5, 0.6) is 0 Å². The van der Waals surface area contributed by atoms with E-state index in [2.05, 4.69) is 12.2 Å². The van der Waals surface area contributed by atoms with E-state index in [1.807, 2.05) is 31.2 Å². The summed E-state index contributed by atoms with van der Waals surface area (Å²) in [5.41, 5.74) is 2.32. The van der Waals surface area contributed by atoms with Crippen molar-refractivity contribution >= 4 is 29.1 Å². The lowest BCUT2D eigenvalue weighted by molar-refractivity contribution is -0.117. The Morgan fingerprint density at radius 3 is 2.46 bits per heavy atom. The van der Waals surface area contributed by atoms with Gasteiger partial charge in [-0.05, 0) is 61.2 Å². The molecule has 1 aliphatic rings. The van der Waals surface area contributed by atoms with Gasteiger partial charge in [0.15, 0.2) is 0 Å². The molecule has 136 valence electrons. The molecule has 0 spiro atoms. The molecule has 2 amide bonds. The van der Waals surface area contributed by atoms with E-state index < -0.39 is 0 Å². The van der Waals surface area contributed by atoms with Crippen molar-refractivity contribution in [3.05, 3.63) is 64.7 Å². The highest BCUT2D eigenvalue weighted by Gasteiger charge is 2.39. The molecule has 2 unspecified atom stereocenters. The predicted molar refractivity (Wildman–Crippen MR) is 104 cm³/mol. The van der Waals surface area contributed by atoms with Crippen LogP contribution in [0, 0.1) is 11.8 Å².